The van der Waals surface area contributed by atoms with Crippen LogP contribution in [-0.4, -0.2) is 25.3 Å². The topological polar surface area (TPSA) is 59.9 Å². The quantitative estimate of drug-likeness (QED) is 0.465. The van der Waals surface area contributed by atoms with Gasteiger partial charge in [-0.05, 0) is 48.0 Å². The van der Waals surface area contributed by atoms with Crippen molar-refractivity contribution in [2.75, 3.05) is 7.11 Å². The third-order valence-electron chi connectivity index (χ3n) is 3.98. The summed E-state index contributed by atoms with van der Waals surface area (Å²) < 4.78 is 11.8. The molecule has 0 radical (unpaired) electrons. The maximum atomic E-state index is 12.2. The highest BCUT2D eigenvalue weighted by Crippen LogP contribution is 2.22. The number of carbonyl (C=O) groups excluding carboxylic acids is 1. The van der Waals surface area contributed by atoms with E-state index in [4.69, 9.17) is 9.47 Å². The molecular formula is C21H19BrN2O3. The molecule has 1 atom stereocenters. The summed E-state index contributed by atoms with van der Waals surface area (Å²) in [5.74, 6) is 1.01. The molecule has 3 aromatic carbocycles. The number of hydrogen-bond acceptors (Lipinski definition) is 4. The van der Waals surface area contributed by atoms with Gasteiger partial charge in [-0.25, -0.2) is 5.43 Å². The van der Waals surface area contributed by atoms with Gasteiger partial charge in [0.05, 0.1) is 13.3 Å². The van der Waals surface area contributed by atoms with Crippen LogP contribution in [0.3, 0.4) is 0 Å². The Bertz CT molecular complexity index is 988. The van der Waals surface area contributed by atoms with E-state index in [1.807, 2.05) is 60.7 Å². The molecule has 0 unspecified atom stereocenters. The maximum Gasteiger partial charge on any atom is 0.280 e. The zero-order valence-corrected chi connectivity index (χ0v) is 16.6. The van der Waals surface area contributed by atoms with E-state index in [0.717, 1.165) is 20.8 Å². The van der Waals surface area contributed by atoms with Crippen LogP contribution in [0.25, 0.3) is 10.8 Å². The number of fused-ring (bicyclic) bond motifs is 1. The second kappa shape index (κ2) is 8.68. The average Bonchev–Trinajstić information content (AvgIpc) is 2.69. The number of hydrogen-bond donors (Lipinski definition) is 1. The number of nitrogens with zero attached hydrogens (tertiary/aromatic N) is 1. The van der Waals surface area contributed by atoms with E-state index in [9.17, 15) is 4.79 Å². The Morgan fingerprint density at radius 2 is 1.81 bits per heavy atom. The van der Waals surface area contributed by atoms with E-state index >= 15 is 0 Å². The SMILES string of the molecule is COc1ccc(Br)c(/C=N\NC(=O)[C@H](C)Oc2ccc3ccccc3c2)c1. The number of rotatable bonds is 6. The molecule has 0 saturated carbocycles. The molecule has 0 aliphatic carbocycles. The Balaban J connectivity index is 1.61. The highest BCUT2D eigenvalue weighted by Gasteiger charge is 2.14. The number of nitrogens with one attached hydrogen (secondary N) is 1. The van der Waals surface area contributed by atoms with Gasteiger partial charge in [0, 0.05) is 10.0 Å². The maximum absolute atomic E-state index is 12.2. The molecule has 0 heterocycles. The van der Waals surface area contributed by atoms with Crippen molar-refractivity contribution in [3.05, 3.63) is 70.7 Å². The first-order chi connectivity index (χ1) is 13.1. The fourth-order valence-electron chi connectivity index (χ4n) is 2.50. The largest absolute Gasteiger partial charge is 0.497 e. The van der Waals surface area contributed by atoms with Gasteiger partial charge in [0.1, 0.15) is 11.5 Å². The van der Waals surface area contributed by atoms with Gasteiger partial charge >= 0.3 is 0 Å². The summed E-state index contributed by atoms with van der Waals surface area (Å²) in [6.45, 7) is 1.68. The molecule has 0 saturated heterocycles. The van der Waals surface area contributed by atoms with Crippen molar-refractivity contribution in [2.45, 2.75) is 13.0 Å². The molecule has 27 heavy (non-hydrogen) atoms. The highest BCUT2D eigenvalue weighted by molar-refractivity contribution is 9.10. The van der Waals surface area contributed by atoms with E-state index in [1.165, 1.54) is 0 Å². The Hall–Kier alpha value is -2.86. The molecule has 1 amide bonds. The Morgan fingerprint density at radius 3 is 2.59 bits per heavy atom. The normalized spacial score (nSPS) is 12.1. The summed E-state index contributed by atoms with van der Waals surface area (Å²) in [7, 11) is 1.59. The smallest absolute Gasteiger partial charge is 0.280 e. The predicted molar refractivity (Wildman–Crippen MR) is 110 cm³/mol. The van der Waals surface area contributed by atoms with Gasteiger partial charge in [0.15, 0.2) is 6.10 Å². The first-order valence-corrected chi connectivity index (χ1v) is 9.18. The predicted octanol–water partition coefficient (Wildman–Crippen LogP) is 4.53. The number of ether oxygens (including phenoxy) is 2. The van der Waals surface area contributed by atoms with Gasteiger partial charge in [-0.2, -0.15) is 5.10 Å². The first-order valence-electron chi connectivity index (χ1n) is 8.39. The van der Waals surface area contributed by atoms with Gasteiger partial charge in [-0.3, -0.25) is 4.79 Å². The minimum absolute atomic E-state index is 0.335. The van der Waals surface area contributed by atoms with Crippen molar-refractivity contribution < 1.29 is 14.3 Å². The summed E-state index contributed by atoms with van der Waals surface area (Å²) in [4.78, 5) is 12.2. The molecule has 0 bridgehead atoms. The third kappa shape index (κ3) is 4.86. The van der Waals surface area contributed by atoms with E-state index in [0.29, 0.717) is 11.5 Å². The molecule has 5 nitrogen and oxygen atoms in total. The second-order valence-electron chi connectivity index (χ2n) is 5.89. The molecule has 3 rings (SSSR count). The summed E-state index contributed by atoms with van der Waals surface area (Å²) in [6.07, 6.45) is 0.866. The van der Waals surface area contributed by atoms with Crippen LogP contribution in [0.2, 0.25) is 0 Å². The Labute approximate surface area is 166 Å². The zero-order valence-electron chi connectivity index (χ0n) is 15.0. The summed E-state index contributed by atoms with van der Waals surface area (Å²) in [5, 5.41) is 6.18. The number of benzene rings is 3. The molecule has 0 aliphatic heterocycles. The Kier molecular flexibility index (Phi) is 6.08. The average molecular weight is 427 g/mol. The lowest BCUT2D eigenvalue weighted by Gasteiger charge is -2.13. The van der Waals surface area contributed by atoms with Crippen molar-refractivity contribution >= 4 is 38.8 Å². The minimum atomic E-state index is -0.683. The third-order valence-corrected chi connectivity index (χ3v) is 4.71. The van der Waals surface area contributed by atoms with Crippen LogP contribution < -0.4 is 14.9 Å². The van der Waals surface area contributed by atoms with Gasteiger partial charge in [0.25, 0.3) is 5.91 Å². The van der Waals surface area contributed by atoms with E-state index in [2.05, 4.69) is 26.5 Å². The number of carbonyl (C=O) groups is 1. The van der Waals surface area contributed by atoms with Gasteiger partial charge in [-0.1, -0.05) is 46.3 Å². The van der Waals surface area contributed by atoms with Crippen molar-refractivity contribution in [3.8, 4) is 11.5 Å². The number of halogens is 1. The first kappa shape index (κ1) is 18.9. The van der Waals surface area contributed by atoms with Gasteiger partial charge in [0.2, 0.25) is 0 Å². The van der Waals surface area contributed by atoms with Crippen molar-refractivity contribution in [3.63, 3.8) is 0 Å². The summed E-state index contributed by atoms with van der Waals surface area (Å²) in [5.41, 5.74) is 3.29. The molecule has 0 aromatic heterocycles. The van der Waals surface area contributed by atoms with Crippen LogP contribution in [0.1, 0.15) is 12.5 Å². The lowest BCUT2D eigenvalue weighted by atomic mass is 10.1. The van der Waals surface area contributed by atoms with Crippen LogP contribution in [-0.2, 0) is 4.79 Å². The molecule has 3 aromatic rings. The van der Waals surface area contributed by atoms with Crippen molar-refractivity contribution in [1.82, 2.24) is 5.43 Å². The number of amides is 1. The molecule has 1 N–H and O–H groups in total. The van der Waals surface area contributed by atoms with Crippen LogP contribution >= 0.6 is 15.9 Å². The number of methoxy groups -OCH3 is 1. The molecule has 0 aliphatic rings. The Morgan fingerprint density at radius 1 is 1.07 bits per heavy atom. The monoisotopic (exact) mass is 426 g/mol. The summed E-state index contributed by atoms with van der Waals surface area (Å²) >= 11 is 3.44. The van der Waals surface area contributed by atoms with Crippen LogP contribution in [0.5, 0.6) is 11.5 Å². The standard InChI is InChI=1S/C21H19BrN2O3/c1-14(27-19-8-7-15-5-3-4-6-16(15)11-19)21(25)24-23-13-17-12-18(26-2)9-10-20(17)22/h3-14H,1-2H3,(H,24,25)/b23-13-/t14-/m0/s1. The van der Waals surface area contributed by atoms with E-state index in [-0.39, 0.29) is 5.91 Å². The van der Waals surface area contributed by atoms with Gasteiger partial charge < -0.3 is 9.47 Å². The van der Waals surface area contributed by atoms with Gasteiger partial charge in [-0.15, -0.1) is 0 Å². The molecule has 138 valence electrons. The summed E-state index contributed by atoms with van der Waals surface area (Å²) in [6, 6.07) is 19.2. The second-order valence-corrected chi connectivity index (χ2v) is 6.75. The number of hydrazone groups is 1. The lowest BCUT2D eigenvalue weighted by Crippen LogP contribution is -2.33. The van der Waals surface area contributed by atoms with Crippen LogP contribution in [0.4, 0.5) is 0 Å². The van der Waals surface area contributed by atoms with Crippen molar-refractivity contribution in [2.24, 2.45) is 5.10 Å². The lowest BCUT2D eigenvalue weighted by molar-refractivity contribution is -0.127. The molecule has 6 heteroatoms. The zero-order chi connectivity index (χ0) is 19.2. The minimum Gasteiger partial charge on any atom is -0.497 e. The van der Waals surface area contributed by atoms with E-state index < -0.39 is 6.10 Å². The van der Waals surface area contributed by atoms with Crippen LogP contribution in [0.15, 0.2) is 70.2 Å². The fraction of sp³-hybridized carbons (Fsp3) is 0.143. The molecule has 0 spiro atoms. The molecular weight excluding hydrogens is 408 g/mol. The van der Waals surface area contributed by atoms with Crippen LogP contribution in [0, 0.1) is 0 Å². The molecule has 0 fully saturated rings. The highest BCUT2D eigenvalue weighted by atomic mass is 79.9. The fourth-order valence-corrected chi connectivity index (χ4v) is 2.85. The van der Waals surface area contributed by atoms with E-state index in [1.54, 1.807) is 20.2 Å². The van der Waals surface area contributed by atoms with Crippen molar-refractivity contribution in [1.29, 1.82) is 0 Å².